The standard InChI is InChI=1S/C8H12O/c1-4-5-6-8(9)7(2)3/h4-7H,1H2,2-3H3/b6-5+. The van der Waals surface area contributed by atoms with Crippen molar-refractivity contribution < 1.29 is 4.79 Å². The van der Waals surface area contributed by atoms with Crippen LogP contribution >= 0.6 is 0 Å². The average Bonchev–Trinajstić information content (AvgIpc) is 1.82. The molecule has 1 nitrogen and oxygen atoms in total. The SMILES string of the molecule is C=C/C=C/C(=O)C(C)C. The van der Waals surface area contributed by atoms with E-state index in [0.29, 0.717) is 0 Å². The van der Waals surface area contributed by atoms with E-state index in [2.05, 4.69) is 6.58 Å². The lowest BCUT2D eigenvalue weighted by molar-refractivity contribution is -0.117. The number of carbonyl (C=O) groups excluding carboxylic acids is 1. The highest BCUT2D eigenvalue weighted by atomic mass is 16.1. The second kappa shape index (κ2) is 4.07. The molecule has 0 amide bonds. The molecular weight excluding hydrogens is 112 g/mol. The quantitative estimate of drug-likeness (QED) is 0.415. The zero-order valence-electron chi connectivity index (χ0n) is 5.92. The molecule has 9 heavy (non-hydrogen) atoms. The number of hydrogen-bond donors (Lipinski definition) is 0. The van der Waals surface area contributed by atoms with E-state index < -0.39 is 0 Å². The minimum absolute atomic E-state index is 0.0983. The molecule has 0 aliphatic carbocycles. The molecule has 0 N–H and O–H groups in total. The van der Waals surface area contributed by atoms with Crippen LogP contribution in [-0.4, -0.2) is 5.78 Å². The molecule has 0 spiro atoms. The first-order chi connectivity index (χ1) is 4.18. The normalized spacial score (nSPS) is 10.6. The van der Waals surface area contributed by atoms with Gasteiger partial charge in [0.15, 0.2) is 5.78 Å². The molecule has 0 radical (unpaired) electrons. The second-order valence-electron chi connectivity index (χ2n) is 2.15. The molecule has 0 heterocycles. The van der Waals surface area contributed by atoms with Gasteiger partial charge in [-0.05, 0) is 6.08 Å². The van der Waals surface area contributed by atoms with E-state index in [1.807, 2.05) is 13.8 Å². The monoisotopic (exact) mass is 124 g/mol. The van der Waals surface area contributed by atoms with Gasteiger partial charge in [0.05, 0.1) is 0 Å². The summed E-state index contributed by atoms with van der Waals surface area (Å²) < 4.78 is 0. The molecule has 0 aromatic carbocycles. The molecule has 0 atom stereocenters. The zero-order chi connectivity index (χ0) is 7.28. The van der Waals surface area contributed by atoms with E-state index in [-0.39, 0.29) is 11.7 Å². The summed E-state index contributed by atoms with van der Waals surface area (Å²) in [5.74, 6) is 0.246. The maximum Gasteiger partial charge on any atom is 0.158 e. The number of carbonyl (C=O) groups is 1. The van der Waals surface area contributed by atoms with Crippen molar-refractivity contribution in [2.45, 2.75) is 13.8 Å². The van der Waals surface area contributed by atoms with E-state index >= 15 is 0 Å². The molecule has 0 unspecified atom stereocenters. The van der Waals surface area contributed by atoms with Crippen LogP contribution in [0.15, 0.2) is 24.8 Å². The Morgan fingerprint density at radius 3 is 2.44 bits per heavy atom. The first kappa shape index (κ1) is 8.15. The van der Waals surface area contributed by atoms with Crippen molar-refractivity contribution >= 4 is 5.78 Å². The predicted octanol–water partition coefficient (Wildman–Crippen LogP) is 1.95. The van der Waals surface area contributed by atoms with Crippen molar-refractivity contribution in [3.8, 4) is 0 Å². The molecule has 0 rings (SSSR count). The van der Waals surface area contributed by atoms with Crippen molar-refractivity contribution in [1.29, 1.82) is 0 Å². The Kier molecular flexibility index (Phi) is 3.69. The Hall–Kier alpha value is -0.850. The minimum Gasteiger partial charge on any atom is -0.295 e. The van der Waals surface area contributed by atoms with Crippen LogP contribution in [0.25, 0.3) is 0 Å². The summed E-state index contributed by atoms with van der Waals surface area (Å²) in [6.45, 7) is 7.19. The van der Waals surface area contributed by atoms with Crippen molar-refractivity contribution in [2.75, 3.05) is 0 Å². The van der Waals surface area contributed by atoms with Crippen molar-refractivity contribution in [3.63, 3.8) is 0 Å². The second-order valence-corrected chi connectivity index (χ2v) is 2.15. The number of ketones is 1. The van der Waals surface area contributed by atoms with Crippen LogP contribution in [0.3, 0.4) is 0 Å². The predicted molar refractivity (Wildman–Crippen MR) is 39.2 cm³/mol. The highest BCUT2D eigenvalue weighted by molar-refractivity contribution is 5.91. The van der Waals surface area contributed by atoms with Crippen LogP contribution < -0.4 is 0 Å². The molecule has 0 aliphatic heterocycles. The van der Waals surface area contributed by atoms with E-state index in [4.69, 9.17) is 0 Å². The van der Waals surface area contributed by atoms with Gasteiger partial charge < -0.3 is 0 Å². The van der Waals surface area contributed by atoms with Crippen molar-refractivity contribution in [3.05, 3.63) is 24.8 Å². The molecular formula is C8H12O. The van der Waals surface area contributed by atoms with Gasteiger partial charge in [-0.15, -0.1) is 0 Å². The van der Waals surface area contributed by atoms with Gasteiger partial charge in [0, 0.05) is 5.92 Å². The lowest BCUT2D eigenvalue weighted by atomic mass is 10.1. The molecule has 0 fully saturated rings. The highest BCUT2D eigenvalue weighted by Crippen LogP contribution is 1.94. The molecule has 0 aromatic heterocycles. The topological polar surface area (TPSA) is 17.1 Å². The first-order valence-corrected chi connectivity index (χ1v) is 3.01. The summed E-state index contributed by atoms with van der Waals surface area (Å²) in [5.41, 5.74) is 0. The summed E-state index contributed by atoms with van der Waals surface area (Å²) in [5, 5.41) is 0. The third-order valence-corrected chi connectivity index (χ3v) is 0.966. The third-order valence-electron chi connectivity index (χ3n) is 0.966. The Morgan fingerprint density at radius 1 is 1.56 bits per heavy atom. The number of rotatable bonds is 3. The Bertz CT molecular complexity index is 132. The molecule has 0 aliphatic rings. The molecule has 0 bridgehead atoms. The Balaban J connectivity index is 3.76. The molecule has 0 aromatic rings. The number of hydrogen-bond acceptors (Lipinski definition) is 1. The highest BCUT2D eigenvalue weighted by Gasteiger charge is 1.99. The summed E-state index contributed by atoms with van der Waals surface area (Å²) in [4.78, 5) is 10.8. The van der Waals surface area contributed by atoms with Crippen LogP contribution in [0.2, 0.25) is 0 Å². The van der Waals surface area contributed by atoms with Gasteiger partial charge in [-0.2, -0.15) is 0 Å². The summed E-state index contributed by atoms with van der Waals surface area (Å²) >= 11 is 0. The van der Waals surface area contributed by atoms with Crippen LogP contribution in [0, 0.1) is 5.92 Å². The van der Waals surface area contributed by atoms with Crippen LogP contribution in [0.1, 0.15) is 13.8 Å². The van der Waals surface area contributed by atoms with Gasteiger partial charge in [-0.25, -0.2) is 0 Å². The van der Waals surface area contributed by atoms with Gasteiger partial charge in [0.2, 0.25) is 0 Å². The minimum atomic E-state index is 0.0983. The molecule has 1 heteroatoms. The summed E-state index contributed by atoms with van der Waals surface area (Å²) in [6.07, 6.45) is 4.79. The smallest absolute Gasteiger partial charge is 0.158 e. The lowest BCUT2D eigenvalue weighted by Crippen LogP contribution is -2.01. The fourth-order valence-corrected chi connectivity index (χ4v) is 0.355. The summed E-state index contributed by atoms with van der Waals surface area (Å²) in [6, 6.07) is 0. The molecule has 0 saturated carbocycles. The Morgan fingerprint density at radius 2 is 2.11 bits per heavy atom. The van der Waals surface area contributed by atoms with E-state index in [1.54, 1.807) is 12.2 Å². The largest absolute Gasteiger partial charge is 0.295 e. The van der Waals surface area contributed by atoms with Crippen LogP contribution in [-0.2, 0) is 4.79 Å². The zero-order valence-corrected chi connectivity index (χ0v) is 5.92. The number of allylic oxidation sites excluding steroid dienone is 3. The Labute approximate surface area is 56.1 Å². The van der Waals surface area contributed by atoms with Gasteiger partial charge in [0.1, 0.15) is 0 Å². The van der Waals surface area contributed by atoms with E-state index in [0.717, 1.165) is 0 Å². The maximum atomic E-state index is 10.8. The fraction of sp³-hybridized carbons (Fsp3) is 0.375. The van der Waals surface area contributed by atoms with Crippen molar-refractivity contribution in [1.82, 2.24) is 0 Å². The van der Waals surface area contributed by atoms with E-state index in [9.17, 15) is 4.79 Å². The van der Waals surface area contributed by atoms with Gasteiger partial charge in [-0.1, -0.05) is 32.6 Å². The third kappa shape index (κ3) is 3.71. The van der Waals surface area contributed by atoms with E-state index in [1.165, 1.54) is 6.08 Å². The average molecular weight is 124 g/mol. The van der Waals surface area contributed by atoms with Gasteiger partial charge in [0.25, 0.3) is 0 Å². The molecule has 50 valence electrons. The van der Waals surface area contributed by atoms with Crippen LogP contribution in [0.4, 0.5) is 0 Å². The fourth-order valence-electron chi connectivity index (χ4n) is 0.355. The van der Waals surface area contributed by atoms with Gasteiger partial charge in [-0.3, -0.25) is 4.79 Å². The lowest BCUT2D eigenvalue weighted by Gasteiger charge is -1.93. The maximum absolute atomic E-state index is 10.8. The molecule has 0 saturated heterocycles. The summed E-state index contributed by atoms with van der Waals surface area (Å²) in [7, 11) is 0. The van der Waals surface area contributed by atoms with Crippen LogP contribution in [0.5, 0.6) is 0 Å². The first-order valence-electron chi connectivity index (χ1n) is 3.01. The van der Waals surface area contributed by atoms with Gasteiger partial charge >= 0.3 is 0 Å². The van der Waals surface area contributed by atoms with Crippen molar-refractivity contribution in [2.24, 2.45) is 5.92 Å².